The fourth-order valence-electron chi connectivity index (χ4n) is 2.57. The first-order chi connectivity index (χ1) is 11.3. The second kappa shape index (κ2) is 5.89. The van der Waals surface area contributed by atoms with Crippen LogP contribution in [-0.2, 0) is 6.54 Å². The molecule has 4 heteroatoms. The molecule has 4 aromatic rings. The van der Waals surface area contributed by atoms with Crippen LogP contribution in [0.2, 0.25) is 0 Å². The fourth-order valence-corrected chi connectivity index (χ4v) is 3.21. The van der Waals surface area contributed by atoms with Gasteiger partial charge in [-0.1, -0.05) is 24.3 Å². The summed E-state index contributed by atoms with van der Waals surface area (Å²) in [4.78, 5) is 5.96. The minimum atomic E-state index is 0.675. The molecule has 0 aliphatic carbocycles. The average Bonchev–Trinajstić information content (AvgIpc) is 3.22. The van der Waals surface area contributed by atoms with Crippen molar-refractivity contribution in [1.29, 1.82) is 0 Å². The summed E-state index contributed by atoms with van der Waals surface area (Å²) in [6.45, 7) is 2.89. The van der Waals surface area contributed by atoms with Gasteiger partial charge in [-0.25, -0.2) is 4.98 Å². The Morgan fingerprint density at radius 1 is 1.09 bits per heavy atom. The molecule has 0 bridgehead atoms. The van der Waals surface area contributed by atoms with Crippen LogP contribution in [0, 0.1) is 6.92 Å². The van der Waals surface area contributed by atoms with Crippen molar-refractivity contribution in [2.24, 2.45) is 0 Å². The van der Waals surface area contributed by atoms with Gasteiger partial charge in [-0.3, -0.25) is 0 Å². The number of nitrogens with one attached hydrogen (secondary N) is 1. The number of nitrogens with zero attached hydrogens (tertiary/aromatic N) is 1. The van der Waals surface area contributed by atoms with Gasteiger partial charge in [0.2, 0.25) is 5.89 Å². The van der Waals surface area contributed by atoms with E-state index in [0.717, 1.165) is 34.5 Å². The predicted molar refractivity (Wildman–Crippen MR) is 95.8 cm³/mol. The molecule has 0 aliphatic heterocycles. The third-order valence-electron chi connectivity index (χ3n) is 3.81. The Hall–Kier alpha value is -2.59. The zero-order valence-electron chi connectivity index (χ0n) is 12.7. The van der Waals surface area contributed by atoms with Crippen LogP contribution in [0.25, 0.3) is 22.6 Å². The van der Waals surface area contributed by atoms with E-state index < -0.39 is 0 Å². The van der Waals surface area contributed by atoms with E-state index in [0.29, 0.717) is 5.89 Å². The number of fused-ring (bicyclic) bond motifs is 1. The zero-order chi connectivity index (χ0) is 15.6. The summed E-state index contributed by atoms with van der Waals surface area (Å²) < 4.78 is 5.90. The molecule has 2 heterocycles. The molecule has 0 saturated carbocycles. The Labute approximate surface area is 138 Å². The number of oxazole rings is 1. The molecule has 0 spiro atoms. The van der Waals surface area contributed by atoms with E-state index in [9.17, 15) is 0 Å². The number of hydrogen-bond donors (Lipinski definition) is 1. The van der Waals surface area contributed by atoms with Crippen LogP contribution in [0.1, 0.15) is 10.4 Å². The second-order valence-electron chi connectivity index (χ2n) is 5.45. The lowest BCUT2D eigenvalue weighted by molar-refractivity contribution is 0.619. The second-order valence-corrected chi connectivity index (χ2v) is 6.48. The van der Waals surface area contributed by atoms with Gasteiger partial charge in [0, 0.05) is 22.7 Å². The zero-order valence-corrected chi connectivity index (χ0v) is 13.6. The molecule has 23 heavy (non-hydrogen) atoms. The van der Waals surface area contributed by atoms with E-state index in [-0.39, 0.29) is 0 Å². The number of aromatic nitrogens is 1. The predicted octanol–water partition coefficient (Wildman–Crippen LogP) is 5.48. The maximum atomic E-state index is 5.90. The van der Waals surface area contributed by atoms with Gasteiger partial charge >= 0.3 is 0 Å². The third kappa shape index (κ3) is 2.85. The van der Waals surface area contributed by atoms with E-state index in [1.54, 1.807) is 11.3 Å². The summed E-state index contributed by atoms with van der Waals surface area (Å²) >= 11 is 1.75. The largest absolute Gasteiger partial charge is 0.436 e. The van der Waals surface area contributed by atoms with Crippen LogP contribution in [0.3, 0.4) is 0 Å². The summed E-state index contributed by atoms with van der Waals surface area (Å²) in [6, 6.07) is 18.4. The molecule has 0 aliphatic rings. The monoisotopic (exact) mass is 320 g/mol. The van der Waals surface area contributed by atoms with Gasteiger partial charge in [-0.15, -0.1) is 11.3 Å². The molecule has 0 atom stereocenters. The molecule has 0 fully saturated rings. The third-order valence-corrected chi connectivity index (χ3v) is 4.69. The van der Waals surface area contributed by atoms with Crippen molar-refractivity contribution >= 4 is 28.1 Å². The minimum Gasteiger partial charge on any atom is -0.436 e. The number of aryl methyl sites for hydroxylation is 1. The van der Waals surface area contributed by atoms with Crippen LogP contribution in [0.5, 0.6) is 0 Å². The molecule has 1 N–H and O–H groups in total. The number of thiophene rings is 1. The van der Waals surface area contributed by atoms with Crippen molar-refractivity contribution in [3.8, 4) is 11.5 Å². The number of benzene rings is 2. The van der Waals surface area contributed by atoms with Crippen molar-refractivity contribution in [3.05, 3.63) is 70.4 Å². The van der Waals surface area contributed by atoms with E-state index in [4.69, 9.17) is 4.42 Å². The highest BCUT2D eigenvalue weighted by molar-refractivity contribution is 7.09. The molecule has 4 rings (SSSR count). The van der Waals surface area contributed by atoms with Crippen LogP contribution in [0.15, 0.2) is 64.4 Å². The number of rotatable bonds is 4. The van der Waals surface area contributed by atoms with Crippen molar-refractivity contribution in [2.45, 2.75) is 13.5 Å². The smallest absolute Gasteiger partial charge is 0.227 e. The Morgan fingerprint density at radius 3 is 2.83 bits per heavy atom. The lowest BCUT2D eigenvalue weighted by atomic mass is 10.1. The van der Waals surface area contributed by atoms with Crippen LogP contribution >= 0.6 is 11.3 Å². The summed E-state index contributed by atoms with van der Waals surface area (Å²) in [6.07, 6.45) is 0. The van der Waals surface area contributed by atoms with Crippen molar-refractivity contribution < 1.29 is 4.42 Å². The normalized spacial score (nSPS) is 11.0. The standard InChI is InChI=1S/C19H16N2OS/c1-13-5-2-3-7-16(13)19-21-17-11-14(8-9-18(17)22-19)20-12-15-6-4-10-23-15/h2-11,20H,12H2,1H3. The van der Waals surface area contributed by atoms with Gasteiger partial charge < -0.3 is 9.73 Å². The van der Waals surface area contributed by atoms with Crippen molar-refractivity contribution in [2.75, 3.05) is 5.32 Å². The molecule has 2 aromatic heterocycles. The van der Waals surface area contributed by atoms with Crippen molar-refractivity contribution in [3.63, 3.8) is 0 Å². The SMILES string of the molecule is Cc1ccccc1-c1nc2cc(NCc3cccs3)ccc2o1. The van der Waals surface area contributed by atoms with Gasteiger partial charge in [0.15, 0.2) is 5.58 Å². The van der Waals surface area contributed by atoms with Gasteiger partial charge in [0.1, 0.15) is 5.52 Å². The summed E-state index contributed by atoms with van der Waals surface area (Å²) in [7, 11) is 0. The molecule has 0 amide bonds. The van der Waals surface area contributed by atoms with Crippen molar-refractivity contribution in [1.82, 2.24) is 4.98 Å². The summed E-state index contributed by atoms with van der Waals surface area (Å²) in [5.74, 6) is 0.675. The molecule has 114 valence electrons. The van der Waals surface area contributed by atoms with Crippen LogP contribution in [0.4, 0.5) is 5.69 Å². The Balaban J connectivity index is 1.63. The maximum Gasteiger partial charge on any atom is 0.227 e. The molecule has 2 aromatic carbocycles. The highest BCUT2D eigenvalue weighted by Crippen LogP contribution is 2.28. The Kier molecular flexibility index (Phi) is 3.60. The van der Waals surface area contributed by atoms with Gasteiger partial charge in [0.05, 0.1) is 0 Å². The van der Waals surface area contributed by atoms with E-state index in [1.165, 1.54) is 4.88 Å². The fraction of sp³-hybridized carbons (Fsp3) is 0.105. The van der Waals surface area contributed by atoms with Gasteiger partial charge in [-0.2, -0.15) is 0 Å². The van der Waals surface area contributed by atoms with Gasteiger partial charge in [-0.05, 0) is 48.2 Å². The van der Waals surface area contributed by atoms with Gasteiger partial charge in [0.25, 0.3) is 0 Å². The first kappa shape index (κ1) is 14.0. The molecule has 3 nitrogen and oxygen atoms in total. The van der Waals surface area contributed by atoms with E-state index >= 15 is 0 Å². The van der Waals surface area contributed by atoms with Crippen LogP contribution in [-0.4, -0.2) is 4.98 Å². The topological polar surface area (TPSA) is 38.1 Å². The Bertz CT molecular complexity index is 941. The molecular weight excluding hydrogens is 304 g/mol. The quantitative estimate of drug-likeness (QED) is 0.541. The molecule has 0 saturated heterocycles. The highest BCUT2D eigenvalue weighted by atomic mass is 32.1. The lowest BCUT2D eigenvalue weighted by Gasteiger charge is -2.03. The maximum absolute atomic E-state index is 5.90. The number of hydrogen-bond acceptors (Lipinski definition) is 4. The lowest BCUT2D eigenvalue weighted by Crippen LogP contribution is -1.96. The molecular formula is C19H16N2OS. The van der Waals surface area contributed by atoms with E-state index in [1.807, 2.05) is 36.4 Å². The number of anilines is 1. The Morgan fingerprint density at radius 2 is 2.00 bits per heavy atom. The van der Waals surface area contributed by atoms with E-state index in [2.05, 4.69) is 40.8 Å². The first-order valence-electron chi connectivity index (χ1n) is 7.52. The first-order valence-corrected chi connectivity index (χ1v) is 8.40. The summed E-state index contributed by atoms with van der Waals surface area (Å²) in [5.41, 5.74) is 4.94. The summed E-state index contributed by atoms with van der Waals surface area (Å²) in [5, 5.41) is 5.52. The highest BCUT2D eigenvalue weighted by Gasteiger charge is 2.10. The molecule has 0 unspecified atom stereocenters. The molecule has 0 radical (unpaired) electrons. The average molecular weight is 320 g/mol. The minimum absolute atomic E-state index is 0.675. The van der Waals surface area contributed by atoms with Crippen LogP contribution < -0.4 is 5.32 Å².